The maximum absolute atomic E-state index is 12.3. The van der Waals surface area contributed by atoms with Gasteiger partial charge in [0.05, 0.1) is 11.4 Å². The molecule has 0 unspecified atom stereocenters. The smallest absolute Gasteiger partial charge is 0.202 e. The van der Waals surface area contributed by atoms with Crippen molar-refractivity contribution in [2.45, 2.75) is 20.8 Å². The van der Waals surface area contributed by atoms with Crippen LogP contribution in [-0.4, -0.2) is 5.78 Å². The molecule has 0 radical (unpaired) electrons. The van der Waals surface area contributed by atoms with Crippen LogP contribution >= 0.6 is 27.3 Å². The van der Waals surface area contributed by atoms with Gasteiger partial charge >= 0.3 is 0 Å². The van der Waals surface area contributed by atoms with E-state index in [2.05, 4.69) is 20.8 Å². The number of hydrogen-bond donors (Lipinski definition) is 0. The maximum atomic E-state index is 12.3. The normalized spacial score (nSPS) is 16.9. The van der Waals surface area contributed by atoms with Gasteiger partial charge in [-0.3, -0.25) is 4.79 Å². The minimum Gasteiger partial charge on any atom is -0.288 e. The molecule has 0 bridgehead atoms. The van der Waals surface area contributed by atoms with Gasteiger partial charge in [-0.25, -0.2) is 4.85 Å². The van der Waals surface area contributed by atoms with Crippen molar-refractivity contribution in [3.05, 3.63) is 48.6 Å². The number of fused-ring (bicyclic) bond motifs is 1. The van der Waals surface area contributed by atoms with E-state index in [9.17, 15) is 4.79 Å². The fraction of sp³-hybridized carbons (Fsp3) is 0.231. The summed E-state index contributed by atoms with van der Waals surface area (Å²) in [5.74, 6) is 0.0497. The molecule has 2 nitrogen and oxygen atoms in total. The van der Waals surface area contributed by atoms with Gasteiger partial charge in [0.2, 0.25) is 5.78 Å². The molecule has 86 valence electrons. The summed E-state index contributed by atoms with van der Waals surface area (Å²) < 4.78 is 0.903. The van der Waals surface area contributed by atoms with Crippen molar-refractivity contribution in [2.24, 2.45) is 0 Å². The first-order valence-corrected chi connectivity index (χ1v) is 6.74. The molecule has 0 aliphatic heterocycles. The summed E-state index contributed by atoms with van der Waals surface area (Å²) >= 11 is 4.89. The Bertz CT molecular complexity index is 624. The summed E-state index contributed by atoms with van der Waals surface area (Å²) in [5.41, 5.74) is 3.93. The average Bonchev–Trinajstić information content (AvgIpc) is 2.78. The van der Waals surface area contributed by atoms with Crippen molar-refractivity contribution in [2.75, 3.05) is 0 Å². The first-order chi connectivity index (χ1) is 7.99. The highest BCUT2D eigenvalue weighted by atomic mass is 79.9. The Kier molecular flexibility index (Phi) is 3.07. The van der Waals surface area contributed by atoms with Gasteiger partial charge in [-0.1, -0.05) is 5.57 Å². The molecular weight excluding hydrogens is 298 g/mol. The molecule has 1 aromatic heterocycles. The molecule has 1 aliphatic carbocycles. The molecule has 0 fully saturated rings. The van der Waals surface area contributed by atoms with Gasteiger partial charge < -0.3 is 0 Å². The largest absolute Gasteiger partial charge is 0.288 e. The van der Waals surface area contributed by atoms with Crippen molar-refractivity contribution in [3.63, 3.8) is 0 Å². The SMILES string of the molecule is [C-]#[N+]/C(C)=C1/C(=C(C)C)C(=O)c2scc(Br)c21. The lowest BCUT2D eigenvalue weighted by Gasteiger charge is -2.05. The van der Waals surface area contributed by atoms with Crippen molar-refractivity contribution in [1.29, 1.82) is 0 Å². The molecule has 1 aromatic rings. The van der Waals surface area contributed by atoms with E-state index < -0.39 is 0 Å². The van der Waals surface area contributed by atoms with E-state index in [1.165, 1.54) is 11.3 Å². The van der Waals surface area contributed by atoms with Crippen LogP contribution in [0.1, 0.15) is 36.0 Å². The van der Waals surface area contributed by atoms with Gasteiger partial charge in [0.15, 0.2) is 5.70 Å². The number of allylic oxidation sites excluding steroid dienone is 4. The Morgan fingerprint density at radius 2 is 2.00 bits per heavy atom. The van der Waals surface area contributed by atoms with Crippen LogP contribution in [0.3, 0.4) is 0 Å². The minimum absolute atomic E-state index is 0.0497. The van der Waals surface area contributed by atoms with Gasteiger partial charge in [-0.15, -0.1) is 11.3 Å². The molecule has 0 atom stereocenters. The second-order valence-corrected chi connectivity index (χ2v) is 5.80. The van der Waals surface area contributed by atoms with Crippen LogP contribution in [-0.2, 0) is 0 Å². The number of halogens is 1. The van der Waals surface area contributed by atoms with Crippen molar-refractivity contribution in [3.8, 4) is 0 Å². The quantitative estimate of drug-likeness (QED) is 0.503. The van der Waals surface area contributed by atoms with Gasteiger partial charge in [-0.05, 0) is 42.3 Å². The Labute approximate surface area is 113 Å². The molecule has 1 aliphatic rings. The second-order valence-electron chi connectivity index (χ2n) is 4.06. The number of carbonyl (C=O) groups excluding carboxylic acids is 1. The molecule has 0 saturated carbocycles. The highest BCUT2D eigenvalue weighted by molar-refractivity contribution is 9.10. The number of ketones is 1. The molecule has 0 spiro atoms. The standard InChI is InChI=1S/C13H10BrNOS/c1-6(2)9-10(7(3)15-4)11-8(14)5-17-13(11)12(9)16/h5H,1-3H3/b10-7-. The summed E-state index contributed by atoms with van der Waals surface area (Å²) in [7, 11) is 0. The van der Waals surface area contributed by atoms with E-state index in [1.54, 1.807) is 6.92 Å². The third kappa shape index (κ3) is 1.70. The number of hydrogen-bond acceptors (Lipinski definition) is 2. The third-order valence-electron chi connectivity index (χ3n) is 2.71. The summed E-state index contributed by atoms with van der Waals surface area (Å²) in [4.78, 5) is 16.5. The molecule has 17 heavy (non-hydrogen) atoms. The van der Waals surface area contributed by atoms with Gasteiger partial charge in [-0.2, -0.15) is 0 Å². The lowest BCUT2D eigenvalue weighted by Crippen LogP contribution is -1.96. The summed E-state index contributed by atoms with van der Waals surface area (Å²) in [6.07, 6.45) is 0. The second kappa shape index (κ2) is 4.25. The summed E-state index contributed by atoms with van der Waals surface area (Å²) in [6.45, 7) is 12.7. The monoisotopic (exact) mass is 307 g/mol. The zero-order valence-electron chi connectivity index (χ0n) is 9.72. The van der Waals surface area contributed by atoms with E-state index >= 15 is 0 Å². The first-order valence-electron chi connectivity index (χ1n) is 5.07. The lowest BCUT2D eigenvalue weighted by atomic mass is 10.00. The van der Waals surface area contributed by atoms with E-state index in [-0.39, 0.29) is 5.78 Å². The van der Waals surface area contributed by atoms with Gasteiger partial charge in [0, 0.05) is 21.0 Å². The molecule has 2 rings (SSSR count). The van der Waals surface area contributed by atoms with Crippen LogP contribution in [0.15, 0.2) is 26.7 Å². The molecule has 1 heterocycles. The average molecular weight is 308 g/mol. The fourth-order valence-electron chi connectivity index (χ4n) is 1.98. The van der Waals surface area contributed by atoms with Crippen LogP contribution in [0.2, 0.25) is 0 Å². The van der Waals surface area contributed by atoms with Gasteiger partial charge in [0.25, 0.3) is 0 Å². The molecule has 0 amide bonds. The molecule has 4 heteroatoms. The molecule has 0 aromatic carbocycles. The van der Waals surface area contributed by atoms with Crippen LogP contribution < -0.4 is 0 Å². The number of rotatable bonds is 0. The Hall–Kier alpha value is -1.18. The number of nitrogens with zero attached hydrogens (tertiary/aromatic N) is 1. The predicted molar refractivity (Wildman–Crippen MR) is 73.9 cm³/mol. The molecular formula is C13H10BrNOS. The zero-order chi connectivity index (χ0) is 12.7. The van der Waals surface area contributed by atoms with Gasteiger partial charge in [0.1, 0.15) is 0 Å². The van der Waals surface area contributed by atoms with Crippen molar-refractivity contribution < 1.29 is 4.79 Å². The third-order valence-corrected chi connectivity index (χ3v) is 4.62. The Balaban J connectivity index is 2.88. The number of Topliss-reactive ketones (excluding diaryl/α,β-unsaturated/α-hetero) is 1. The molecule has 0 saturated heterocycles. The highest BCUT2D eigenvalue weighted by Gasteiger charge is 2.35. The van der Waals surface area contributed by atoms with E-state index in [1.807, 2.05) is 19.2 Å². The van der Waals surface area contributed by atoms with Crippen LogP contribution in [0, 0.1) is 6.57 Å². The van der Waals surface area contributed by atoms with E-state index in [0.717, 1.165) is 26.1 Å². The van der Waals surface area contributed by atoms with Crippen LogP contribution in [0.5, 0.6) is 0 Å². The van der Waals surface area contributed by atoms with E-state index in [0.29, 0.717) is 11.3 Å². The lowest BCUT2D eigenvalue weighted by molar-refractivity contribution is 0.104. The Morgan fingerprint density at radius 1 is 1.35 bits per heavy atom. The maximum Gasteiger partial charge on any atom is 0.202 e. The van der Waals surface area contributed by atoms with Crippen LogP contribution in [0.25, 0.3) is 10.4 Å². The van der Waals surface area contributed by atoms with Crippen molar-refractivity contribution in [1.82, 2.24) is 0 Å². The van der Waals surface area contributed by atoms with E-state index in [4.69, 9.17) is 6.57 Å². The number of carbonyl (C=O) groups is 1. The predicted octanol–water partition coefficient (Wildman–Crippen LogP) is 4.69. The zero-order valence-corrected chi connectivity index (χ0v) is 12.1. The molecule has 0 N–H and O–H groups in total. The highest BCUT2D eigenvalue weighted by Crippen LogP contribution is 2.47. The van der Waals surface area contributed by atoms with Crippen molar-refractivity contribution >= 4 is 38.6 Å². The summed E-state index contributed by atoms with van der Waals surface area (Å²) in [5, 5.41) is 1.90. The Morgan fingerprint density at radius 3 is 2.53 bits per heavy atom. The summed E-state index contributed by atoms with van der Waals surface area (Å²) in [6, 6.07) is 0. The van der Waals surface area contributed by atoms with Crippen LogP contribution in [0.4, 0.5) is 0 Å². The number of thiophene rings is 1. The topological polar surface area (TPSA) is 21.4 Å². The first kappa shape index (κ1) is 12.3. The minimum atomic E-state index is 0.0497. The fourth-order valence-corrected chi connectivity index (χ4v) is 3.67.